The SMILES string of the molecule is O=[N+]([O-])c1ccc(CN2CCC(c3nnc(C(F)(F)F)o3)CC2)cc1. The summed E-state index contributed by atoms with van der Waals surface area (Å²) in [5.74, 6) is -1.46. The van der Waals surface area contributed by atoms with Crippen molar-refractivity contribution >= 4 is 5.69 Å². The smallest absolute Gasteiger partial charge is 0.417 e. The van der Waals surface area contributed by atoms with Gasteiger partial charge in [-0.1, -0.05) is 12.1 Å². The minimum absolute atomic E-state index is 0.0299. The summed E-state index contributed by atoms with van der Waals surface area (Å²) < 4.78 is 42.3. The lowest BCUT2D eigenvalue weighted by molar-refractivity contribution is -0.384. The molecule has 1 aromatic carbocycles. The topological polar surface area (TPSA) is 85.3 Å². The number of likely N-dealkylation sites (tertiary alicyclic amines) is 1. The molecule has 0 radical (unpaired) electrons. The van der Waals surface area contributed by atoms with Crippen molar-refractivity contribution in [3.8, 4) is 0 Å². The Labute approximate surface area is 140 Å². The molecule has 0 bridgehead atoms. The summed E-state index contributed by atoms with van der Waals surface area (Å²) in [5.41, 5.74) is 0.987. The standard InChI is InChI=1S/C15H15F3N4O3/c16-15(17,18)14-20-19-13(25-14)11-5-7-21(8-6-11)9-10-1-3-12(4-2-10)22(23)24/h1-4,11H,5-9H2. The number of piperidine rings is 1. The Morgan fingerprint density at radius 1 is 1.20 bits per heavy atom. The fourth-order valence-corrected chi connectivity index (χ4v) is 2.83. The maximum Gasteiger partial charge on any atom is 0.470 e. The van der Waals surface area contributed by atoms with Crippen LogP contribution >= 0.6 is 0 Å². The average molecular weight is 356 g/mol. The van der Waals surface area contributed by atoms with Gasteiger partial charge in [0.05, 0.1) is 4.92 Å². The Morgan fingerprint density at radius 2 is 1.84 bits per heavy atom. The molecule has 10 heteroatoms. The molecular formula is C15H15F3N4O3. The Bertz CT molecular complexity index is 737. The van der Waals surface area contributed by atoms with Crippen molar-refractivity contribution in [3.05, 3.63) is 51.7 Å². The van der Waals surface area contributed by atoms with Gasteiger partial charge in [-0.05, 0) is 31.5 Å². The molecule has 0 unspecified atom stereocenters. The Morgan fingerprint density at radius 3 is 2.36 bits per heavy atom. The molecule has 1 aliphatic heterocycles. The quantitative estimate of drug-likeness (QED) is 0.617. The van der Waals surface area contributed by atoms with Crippen molar-refractivity contribution in [1.29, 1.82) is 0 Å². The molecule has 0 aliphatic carbocycles. The van der Waals surface area contributed by atoms with Crippen molar-refractivity contribution in [2.45, 2.75) is 31.5 Å². The average Bonchev–Trinajstić information content (AvgIpc) is 3.06. The van der Waals surface area contributed by atoms with Gasteiger partial charge in [-0.2, -0.15) is 13.2 Å². The van der Waals surface area contributed by atoms with E-state index in [4.69, 9.17) is 4.42 Å². The fourth-order valence-electron chi connectivity index (χ4n) is 2.83. The highest BCUT2D eigenvalue weighted by Gasteiger charge is 2.39. The van der Waals surface area contributed by atoms with E-state index in [2.05, 4.69) is 15.1 Å². The summed E-state index contributed by atoms with van der Waals surface area (Å²) in [6, 6.07) is 6.33. The van der Waals surface area contributed by atoms with Gasteiger partial charge in [-0.3, -0.25) is 15.0 Å². The molecule has 1 aromatic heterocycles. The van der Waals surface area contributed by atoms with Crippen LogP contribution in [0, 0.1) is 10.1 Å². The van der Waals surface area contributed by atoms with E-state index >= 15 is 0 Å². The van der Waals surface area contributed by atoms with E-state index in [1.807, 2.05) is 0 Å². The fraction of sp³-hybridized carbons (Fsp3) is 0.467. The molecule has 0 amide bonds. The molecule has 134 valence electrons. The van der Waals surface area contributed by atoms with E-state index in [1.54, 1.807) is 12.1 Å². The third-order valence-electron chi connectivity index (χ3n) is 4.17. The molecule has 1 fully saturated rings. The molecule has 25 heavy (non-hydrogen) atoms. The van der Waals surface area contributed by atoms with Gasteiger partial charge in [-0.15, -0.1) is 10.2 Å². The van der Waals surface area contributed by atoms with Crippen LogP contribution in [0.5, 0.6) is 0 Å². The highest BCUT2D eigenvalue weighted by atomic mass is 19.4. The van der Waals surface area contributed by atoms with Crippen LogP contribution in [0.1, 0.15) is 36.1 Å². The molecule has 2 heterocycles. The van der Waals surface area contributed by atoms with Crippen LogP contribution in [0.25, 0.3) is 0 Å². The molecule has 0 saturated carbocycles. The van der Waals surface area contributed by atoms with Gasteiger partial charge in [0.15, 0.2) is 0 Å². The van der Waals surface area contributed by atoms with Gasteiger partial charge < -0.3 is 4.42 Å². The number of halogens is 3. The van der Waals surface area contributed by atoms with Crippen molar-refractivity contribution in [1.82, 2.24) is 15.1 Å². The van der Waals surface area contributed by atoms with Crippen LogP contribution in [-0.4, -0.2) is 33.1 Å². The van der Waals surface area contributed by atoms with Crippen LogP contribution < -0.4 is 0 Å². The van der Waals surface area contributed by atoms with E-state index in [9.17, 15) is 23.3 Å². The van der Waals surface area contributed by atoms with Crippen LogP contribution in [0.4, 0.5) is 18.9 Å². The van der Waals surface area contributed by atoms with Gasteiger partial charge in [0, 0.05) is 24.6 Å². The highest BCUT2D eigenvalue weighted by molar-refractivity contribution is 5.32. The number of hydrogen-bond donors (Lipinski definition) is 0. The third kappa shape index (κ3) is 4.13. The molecular weight excluding hydrogens is 341 g/mol. The number of rotatable bonds is 4. The predicted molar refractivity (Wildman–Crippen MR) is 79.6 cm³/mol. The molecule has 1 saturated heterocycles. The van der Waals surface area contributed by atoms with E-state index in [0.29, 0.717) is 32.5 Å². The molecule has 0 N–H and O–H groups in total. The van der Waals surface area contributed by atoms with Gasteiger partial charge >= 0.3 is 12.1 Å². The number of nitro benzene ring substituents is 1. The maximum atomic E-state index is 12.5. The second kappa shape index (κ2) is 6.79. The van der Waals surface area contributed by atoms with Crippen LogP contribution in [0.3, 0.4) is 0 Å². The predicted octanol–water partition coefficient (Wildman–Crippen LogP) is 3.38. The van der Waals surface area contributed by atoms with E-state index < -0.39 is 17.0 Å². The second-order valence-corrected chi connectivity index (χ2v) is 5.92. The molecule has 2 aromatic rings. The summed E-state index contributed by atoms with van der Waals surface area (Å²) in [4.78, 5) is 12.3. The number of alkyl halides is 3. The van der Waals surface area contributed by atoms with Crippen molar-refractivity contribution in [2.24, 2.45) is 0 Å². The molecule has 0 spiro atoms. The zero-order valence-electron chi connectivity index (χ0n) is 13.1. The Hall–Kier alpha value is -2.49. The van der Waals surface area contributed by atoms with Crippen molar-refractivity contribution in [2.75, 3.05) is 13.1 Å². The Kier molecular flexibility index (Phi) is 4.71. The zero-order valence-corrected chi connectivity index (χ0v) is 13.1. The van der Waals surface area contributed by atoms with Gasteiger partial charge in [0.25, 0.3) is 5.69 Å². The molecule has 0 atom stereocenters. The summed E-state index contributed by atoms with van der Waals surface area (Å²) in [5, 5.41) is 17.2. The van der Waals surface area contributed by atoms with E-state index in [0.717, 1.165) is 5.56 Å². The largest absolute Gasteiger partial charge is 0.470 e. The van der Waals surface area contributed by atoms with E-state index in [1.165, 1.54) is 12.1 Å². The lowest BCUT2D eigenvalue weighted by Gasteiger charge is -2.30. The first-order chi connectivity index (χ1) is 11.8. The number of hydrogen-bond acceptors (Lipinski definition) is 6. The first-order valence-corrected chi connectivity index (χ1v) is 7.69. The first-order valence-electron chi connectivity index (χ1n) is 7.69. The normalized spacial score (nSPS) is 16.9. The van der Waals surface area contributed by atoms with Crippen LogP contribution in [0.15, 0.2) is 28.7 Å². The van der Waals surface area contributed by atoms with Crippen molar-refractivity contribution in [3.63, 3.8) is 0 Å². The number of aromatic nitrogens is 2. The number of non-ortho nitro benzene ring substituents is 1. The second-order valence-electron chi connectivity index (χ2n) is 5.92. The first kappa shape index (κ1) is 17.3. The third-order valence-corrected chi connectivity index (χ3v) is 4.17. The van der Waals surface area contributed by atoms with E-state index in [-0.39, 0.29) is 17.5 Å². The van der Waals surface area contributed by atoms with Crippen molar-refractivity contribution < 1.29 is 22.5 Å². The van der Waals surface area contributed by atoms with Gasteiger partial charge in [-0.25, -0.2) is 0 Å². The summed E-state index contributed by atoms with van der Waals surface area (Å²) in [6.07, 6.45) is -3.39. The lowest BCUT2D eigenvalue weighted by atomic mass is 9.96. The van der Waals surface area contributed by atoms with Crippen LogP contribution in [0.2, 0.25) is 0 Å². The highest BCUT2D eigenvalue weighted by Crippen LogP contribution is 2.32. The molecule has 7 nitrogen and oxygen atoms in total. The summed E-state index contributed by atoms with van der Waals surface area (Å²) in [6.45, 7) is 1.97. The minimum atomic E-state index is -4.62. The van der Waals surface area contributed by atoms with Gasteiger partial charge in [0.2, 0.25) is 5.89 Å². The zero-order chi connectivity index (χ0) is 18.0. The summed E-state index contributed by atoms with van der Waals surface area (Å²) >= 11 is 0. The number of nitro groups is 1. The Balaban J connectivity index is 1.55. The van der Waals surface area contributed by atoms with Crippen LogP contribution in [-0.2, 0) is 12.7 Å². The maximum absolute atomic E-state index is 12.5. The molecule has 1 aliphatic rings. The van der Waals surface area contributed by atoms with Gasteiger partial charge in [0.1, 0.15) is 0 Å². The molecule has 3 rings (SSSR count). The number of benzene rings is 1. The minimum Gasteiger partial charge on any atom is -0.417 e. The summed E-state index contributed by atoms with van der Waals surface area (Å²) in [7, 11) is 0. The lowest BCUT2D eigenvalue weighted by Crippen LogP contribution is -2.32. The number of nitrogens with zero attached hydrogens (tertiary/aromatic N) is 4. The monoisotopic (exact) mass is 356 g/mol.